The fourth-order valence-corrected chi connectivity index (χ4v) is 2.76. The SMILES string of the molecule is C=CCOc1ccc(C(=O)N2CCC(C(=O)N(C)C)C2)cc1OC. The van der Waals surface area contributed by atoms with Gasteiger partial charge in [-0.2, -0.15) is 0 Å². The Balaban J connectivity index is 2.10. The van der Waals surface area contributed by atoms with E-state index in [0.29, 0.717) is 43.2 Å². The minimum absolute atomic E-state index is 0.0658. The highest BCUT2D eigenvalue weighted by atomic mass is 16.5. The molecule has 1 fully saturated rings. The molecule has 130 valence electrons. The standard InChI is InChI=1S/C18H24N2O4/c1-5-10-24-15-7-6-13(11-16(15)23-4)18(22)20-9-8-14(12-20)17(21)19(2)3/h5-7,11,14H,1,8-10,12H2,2-4H3. The zero-order valence-electron chi connectivity index (χ0n) is 14.4. The van der Waals surface area contributed by atoms with Crippen molar-refractivity contribution < 1.29 is 19.1 Å². The average Bonchev–Trinajstić information content (AvgIpc) is 3.08. The fraction of sp³-hybridized carbons (Fsp3) is 0.444. The maximum absolute atomic E-state index is 12.7. The molecule has 6 heteroatoms. The van der Waals surface area contributed by atoms with Crippen molar-refractivity contribution in [1.29, 1.82) is 0 Å². The lowest BCUT2D eigenvalue weighted by atomic mass is 10.1. The number of hydrogen-bond acceptors (Lipinski definition) is 4. The van der Waals surface area contributed by atoms with Gasteiger partial charge in [-0.3, -0.25) is 9.59 Å². The van der Waals surface area contributed by atoms with Crippen LogP contribution in [0, 0.1) is 5.92 Å². The monoisotopic (exact) mass is 332 g/mol. The second-order valence-electron chi connectivity index (χ2n) is 5.93. The first kappa shape index (κ1) is 17.8. The summed E-state index contributed by atoms with van der Waals surface area (Å²) in [4.78, 5) is 28.0. The van der Waals surface area contributed by atoms with Gasteiger partial charge in [0.15, 0.2) is 11.5 Å². The van der Waals surface area contributed by atoms with Gasteiger partial charge in [0.1, 0.15) is 6.61 Å². The highest BCUT2D eigenvalue weighted by Gasteiger charge is 2.32. The van der Waals surface area contributed by atoms with E-state index in [1.165, 1.54) is 7.11 Å². The van der Waals surface area contributed by atoms with Crippen molar-refractivity contribution in [3.8, 4) is 11.5 Å². The van der Waals surface area contributed by atoms with Crippen LogP contribution in [-0.2, 0) is 4.79 Å². The van der Waals surface area contributed by atoms with Crippen LogP contribution in [0.1, 0.15) is 16.8 Å². The third-order valence-electron chi connectivity index (χ3n) is 4.03. The first-order chi connectivity index (χ1) is 11.5. The summed E-state index contributed by atoms with van der Waals surface area (Å²) in [5.41, 5.74) is 0.524. The third-order valence-corrected chi connectivity index (χ3v) is 4.03. The molecule has 1 aliphatic heterocycles. The summed E-state index contributed by atoms with van der Waals surface area (Å²) in [6.45, 7) is 5.01. The van der Waals surface area contributed by atoms with E-state index >= 15 is 0 Å². The maximum atomic E-state index is 12.7. The average molecular weight is 332 g/mol. The van der Waals surface area contributed by atoms with Crippen LogP contribution in [0.3, 0.4) is 0 Å². The number of nitrogens with zero attached hydrogens (tertiary/aromatic N) is 2. The summed E-state index contributed by atoms with van der Waals surface area (Å²) in [6.07, 6.45) is 2.34. The molecule has 0 bridgehead atoms. The molecule has 0 spiro atoms. The van der Waals surface area contributed by atoms with Crippen molar-refractivity contribution in [2.45, 2.75) is 6.42 Å². The molecule has 1 aliphatic rings. The zero-order chi connectivity index (χ0) is 17.7. The molecule has 1 saturated heterocycles. The molecule has 1 atom stereocenters. The van der Waals surface area contributed by atoms with Gasteiger partial charge in [-0.1, -0.05) is 12.7 Å². The Bertz CT molecular complexity index is 627. The number of amides is 2. The van der Waals surface area contributed by atoms with Crippen molar-refractivity contribution in [3.63, 3.8) is 0 Å². The Morgan fingerprint density at radius 2 is 2.12 bits per heavy atom. The Morgan fingerprint density at radius 3 is 2.75 bits per heavy atom. The molecule has 2 rings (SSSR count). The predicted octanol–water partition coefficient (Wildman–Crippen LogP) is 1.81. The van der Waals surface area contributed by atoms with Crippen molar-refractivity contribution in [2.75, 3.05) is 40.9 Å². The molecule has 0 aromatic heterocycles. The molecule has 2 amide bonds. The first-order valence-corrected chi connectivity index (χ1v) is 7.90. The van der Waals surface area contributed by atoms with Gasteiger partial charge in [0.25, 0.3) is 5.91 Å². The van der Waals surface area contributed by atoms with E-state index < -0.39 is 0 Å². The van der Waals surface area contributed by atoms with Gasteiger partial charge < -0.3 is 19.3 Å². The van der Waals surface area contributed by atoms with E-state index in [9.17, 15) is 9.59 Å². The quantitative estimate of drug-likeness (QED) is 0.746. The molecular formula is C18H24N2O4. The van der Waals surface area contributed by atoms with Crippen LogP contribution in [0.15, 0.2) is 30.9 Å². The van der Waals surface area contributed by atoms with Crippen LogP contribution < -0.4 is 9.47 Å². The van der Waals surface area contributed by atoms with E-state index in [4.69, 9.17) is 9.47 Å². The maximum Gasteiger partial charge on any atom is 0.254 e. The van der Waals surface area contributed by atoms with Gasteiger partial charge in [-0.25, -0.2) is 0 Å². The molecule has 24 heavy (non-hydrogen) atoms. The predicted molar refractivity (Wildman–Crippen MR) is 91.4 cm³/mol. The number of likely N-dealkylation sites (tertiary alicyclic amines) is 1. The van der Waals surface area contributed by atoms with Crippen molar-refractivity contribution >= 4 is 11.8 Å². The van der Waals surface area contributed by atoms with Gasteiger partial charge >= 0.3 is 0 Å². The summed E-state index contributed by atoms with van der Waals surface area (Å²) >= 11 is 0. The minimum Gasteiger partial charge on any atom is -0.493 e. The Morgan fingerprint density at radius 1 is 1.38 bits per heavy atom. The van der Waals surface area contributed by atoms with Crippen molar-refractivity contribution in [1.82, 2.24) is 9.80 Å². The van der Waals surface area contributed by atoms with E-state index in [1.807, 2.05) is 0 Å². The van der Waals surface area contributed by atoms with Gasteiger partial charge in [0.2, 0.25) is 5.91 Å². The van der Waals surface area contributed by atoms with Gasteiger partial charge in [-0.15, -0.1) is 0 Å². The van der Waals surface area contributed by atoms with Crippen molar-refractivity contribution in [3.05, 3.63) is 36.4 Å². The molecule has 1 unspecified atom stereocenters. The highest BCUT2D eigenvalue weighted by Crippen LogP contribution is 2.29. The second kappa shape index (κ2) is 7.86. The van der Waals surface area contributed by atoms with E-state index in [2.05, 4.69) is 6.58 Å². The lowest BCUT2D eigenvalue weighted by molar-refractivity contribution is -0.132. The first-order valence-electron chi connectivity index (χ1n) is 7.90. The summed E-state index contributed by atoms with van der Waals surface area (Å²) < 4.78 is 10.8. The smallest absolute Gasteiger partial charge is 0.254 e. The van der Waals surface area contributed by atoms with Crippen LogP contribution in [-0.4, -0.2) is 62.5 Å². The number of carbonyl (C=O) groups excluding carboxylic acids is 2. The normalized spacial score (nSPS) is 16.6. The lowest BCUT2D eigenvalue weighted by Crippen LogP contribution is -2.34. The molecule has 6 nitrogen and oxygen atoms in total. The molecule has 1 heterocycles. The summed E-state index contributed by atoms with van der Waals surface area (Å²) in [5, 5.41) is 0. The Kier molecular flexibility index (Phi) is 5.84. The van der Waals surface area contributed by atoms with Crippen LogP contribution in [0.25, 0.3) is 0 Å². The molecular weight excluding hydrogens is 308 g/mol. The van der Waals surface area contributed by atoms with Crippen LogP contribution in [0.4, 0.5) is 0 Å². The molecule has 1 aromatic rings. The lowest BCUT2D eigenvalue weighted by Gasteiger charge is -2.19. The van der Waals surface area contributed by atoms with Crippen LogP contribution in [0.2, 0.25) is 0 Å². The third kappa shape index (κ3) is 3.88. The van der Waals surface area contributed by atoms with E-state index in [1.54, 1.807) is 48.2 Å². The Labute approximate surface area is 142 Å². The number of ether oxygens (including phenoxy) is 2. The largest absolute Gasteiger partial charge is 0.493 e. The fourth-order valence-electron chi connectivity index (χ4n) is 2.76. The minimum atomic E-state index is -0.124. The second-order valence-corrected chi connectivity index (χ2v) is 5.93. The molecule has 0 radical (unpaired) electrons. The van der Waals surface area contributed by atoms with E-state index in [-0.39, 0.29) is 17.7 Å². The summed E-state index contributed by atoms with van der Waals surface area (Å²) in [5.74, 6) is 0.911. The van der Waals surface area contributed by atoms with Crippen molar-refractivity contribution in [2.24, 2.45) is 5.92 Å². The summed E-state index contributed by atoms with van der Waals surface area (Å²) in [7, 11) is 5.01. The van der Waals surface area contributed by atoms with Gasteiger partial charge in [0, 0.05) is 32.7 Å². The molecule has 1 aromatic carbocycles. The number of carbonyl (C=O) groups is 2. The Hall–Kier alpha value is -2.50. The number of methoxy groups -OCH3 is 1. The zero-order valence-corrected chi connectivity index (χ0v) is 14.4. The van der Waals surface area contributed by atoms with Crippen LogP contribution >= 0.6 is 0 Å². The molecule has 0 aliphatic carbocycles. The topological polar surface area (TPSA) is 59.1 Å². The number of benzene rings is 1. The van der Waals surface area contributed by atoms with Gasteiger partial charge in [0.05, 0.1) is 13.0 Å². The van der Waals surface area contributed by atoms with Crippen LogP contribution in [0.5, 0.6) is 11.5 Å². The number of rotatable bonds is 6. The number of hydrogen-bond donors (Lipinski definition) is 0. The van der Waals surface area contributed by atoms with E-state index in [0.717, 1.165) is 0 Å². The highest BCUT2D eigenvalue weighted by molar-refractivity contribution is 5.95. The summed E-state index contributed by atoms with van der Waals surface area (Å²) in [6, 6.07) is 5.10. The molecule has 0 saturated carbocycles. The van der Waals surface area contributed by atoms with Gasteiger partial charge in [-0.05, 0) is 24.6 Å². The molecule has 0 N–H and O–H groups in total.